The van der Waals surface area contributed by atoms with Gasteiger partial charge in [-0.3, -0.25) is 4.79 Å². The zero-order chi connectivity index (χ0) is 17.1. The highest BCUT2D eigenvalue weighted by molar-refractivity contribution is 8.00. The summed E-state index contributed by atoms with van der Waals surface area (Å²) < 4.78 is 11.2. The zero-order valence-electron chi connectivity index (χ0n) is 14.4. The minimum atomic E-state index is -0.395. The summed E-state index contributed by atoms with van der Waals surface area (Å²) in [6, 6.07) is 0. The Labute approximate surface area is 148 Å². The molecule has 2 heterocycles. The Hall–Kier alpha value is -0.140. The molecular weight excluding hydrogens is 328 g/mol. The van der Waals surface area contributed by atoms with Gasteiger partial charge >= 0.3 is 0 Å². The molecule has 0 aromatic heterocycles. The maximum Gasteiger partial charge on any atom is 0.168 e. The average Bonchev–Trinajstić information content (AvgIpc) is 3.05. The fourth-order valence-electron chi connectivity index (χ4n) is 4.05. The molecule has 4 fully saturated rings. The molecular formula is C18H30O5S. The molecule has 4 rings (SSSR count). The van der Waals surface area contributed by atoms with Crippen LogP contribution in [0.25, 0.3) is 0 Å². The lowest BCUT2D eigenvalue weighted by molar-refractivity contribution is -0.198. The molecule has 2 spiro atoms. The Kier molecular flexibility index (Phi) is 5.92. The standard InChI is InChI=1S/C10H18O4.C8H12OS/c11-7-9(8-12)1-3-10(4-2-9)13-5-6-14-10;9-7-1-3-8(4-2-7)5-10-6-8/h11-12H,1-8H2;1-6H2. The summed E-state index contributed by atoms with van der Waals surface area (Å²) >= 11 is 2.03. The van der Waals surface area contributed by atoms with E-state index < -0.39 is 5.79 Å². The monoisotopic (exact) mass is 358 g/mol. The molecule has 0 amide bonds. The molecule has 2 saturated carbocycles. The average molecular weight is 359 g/mol. The van der Waals surface area contributed by atoms with Crippen LogP contribution in [0.1, 0.15) is 51.4 Å². The first-order valence-corrected chi connectivity index (χ1v) is 10.3. The number of Topliss-reactive ketones (excluding diaryl/α,β-unsaturated/α-hetero) is 1. The van der Waals surface area contributed by atoms with Crippen molar-refractivity contribution in [1.82, 2.24) is 0 Å². The normalized spacial score (nSPS) is 29.8. The molecule has 6 heteroatoms. The van der Waals surface area contributed by atoms with Crippen molar-refractivity contribution in [2.24, 2.45) is 10.8 Å². The first kappa shape index (κ1) is 18.6. The number of rotatable bonds is 2. The minimum absolute atomic E-state index is 0.0551. The van der Waals surface area contributed by atoms with Gasteiger partial charge in [0.15, 0.2) is 5.79 Å². The smallest absolute Gasteiger partial charge is 0.168 e. The van der Waals surface area contributed by atoms with E-state index in [4.69, 9.17) is 9.47 Å². The third-order valence-corrected chi connectivity index (χ3v) is 7.87. The van der Waals surface area contributed by atoms with Gasteiger partial charge in [-0.2, -0.15) is 11.8 Å². The highest BCUT2D eigenvalue weighted by Crippen LogP contribution is 2.47. The second-order valence-electron chi connectivity index (χ2n) is 7.96. The van der Waals surface area contributed by atoms with Crippen molar-refractivity contribution in [3.63, 3.8) is 0 Å². The predicted octanol–water partition coefficient (Wildman–Crippen LogP) is 2.14. The highest BCUT2D eigenvalue weighted by atomic mass is 32.2. The fraction of sp³-hybridized carbons (Fsp3) is 0.944. The van der Waals surface area contributed by atoms with Gasteiger partial charge in [0.1, 0.15) is 5.78 Å². The van der Waals surface area contributed by atoms with Gasteiger partial charge in [-0.15, -0.1) is 0 Å². The van der Waals surface area contributed by atoms with Gasteiger partial charge in [0.25, 0.3) is 0 Å². The Balaban J connectivity index is 0.000000149. The summed E-state index contributed by atoms with van der Waals surface area (Å²) in [6.45, 7) is 1.45. The van der Waals surface area contributed by atoms with E-state index in [1.165, 1.54) is 24.3 Å². The van der Waals surface area contributed by atoms with E-state index in [2.05, 4.69) is 0 Å². The second-order valence-corrected chi connectivity index (χ2v) is 8.94. The van der Waals surface area contributed by atoms with E-state index in [0.717, 1.165) is 38.5 Å². The van der Waals surface area contributed by atoms with Gasteiger partial charge in [0, 0.05) is 31.1 Å². The van der Waals surface area contributed by atoms with E-state index in [0.29, 0.717) is 24.4 Å². The van der Waals surface area contributed by atoms with Crippen molar-refractivity contribution < 1.29 is 24.5 Å². The number of carbonyl (C=O) groups is 1. The molecule has 4 aliphatic rings. The van der Waals surface area contributed by atoms with Crippen LogP contribution in [0.15, 0.2) is 0 Å². The Bertz CT molecular complexity index is 409. The van der Waals surface area contributed by atoms with Gasteiger partial charge < -0.3 is 19.7 Å². The molecule has 5 nitrogen and oxygen atoms in total. The van der Waals surface area contributed by atoms with Gasteiger partial charge in [0.05, 0.1) is 26.4 Å². The number of aliphatic hydroxyl groups excluding tert-OH is 2. The SMILES string of the molecule is O=C1CCC2(CC1)CSC2.OCC1(CO)CCC2(CC1)OCCO2. The van der Waals surface area contributed by atoms with Crippen molar-refractivity contribution >= 4 is 17.5 Å². The first-order valence-electron chi connectivity index (χ1n) is 9.14. The van der Waals surface area contributed by atoms with Gasteiger partial charge in [-0.1, -0.05) is 0 Å². The minimum Gasteiger partial charge on any atom is -0.396 e. The van der Waals surface area contributed by atoms with Crippen molar-refractivity contribution in [3.05, 3.63) is 0 Å². The molecule has 0 unspecified atom stereocenters. The lowest BCUT2D eigenvalue weighted by Gasteiger charge is -2.43. The lowest BCUT2D eigenvalue weighted by Crippen LogP contribution is -2.43. The number of ether oxygens (including phenoxy) is 2. The third kappa shape index (κ3) is 3.98. The molecule has 0 radical (unpaired) electrons. The van der Waals surface area contributed by atoms with Crippen molar-refractivity contribution in [2.75, 3.05) is 37.9 Å². The molecule has 0 bridgehead atoms. The maximum atomic E-state index is 10.9. The number of hydrogen-bond donors (Lipinski definition) is 2. The van der Waals surface area contributed by atoms with Gasteiger partial charge in [0.2, 0.25) is 0 Å². The lowest BCUT2D eigenvalue weighted by atomic mass is 9.73. The van der Waals surface area contributed by atoms with Crippen LogP contribution in [0.2, 0.25) is 0 Å². The largest absolute Gasteiger partial charge is 0.396 e. The van der Waals surface area contributed by atoms with Crippen molar-refractivity contribution in [2.45, 2.75) is 57.2 Å². The number of ketones is 1. The summed E-state index contributed by atoms with van der Waals surface area (Å²) in [5.74, 6) is 2.73. The number of carbonyl (C=O) groups excluding carboxylic acids is 1. The number of thioether (sulfide) groups is 1. The fourth-order valence-corrected chi connectivity index (χ4v) is 5.41. The summed E-state index contributed by atoms with van der Waals surface area (Å²) in [4.78, 5) is 10.9. The second kappa shape index (κ2) is 7.62. The Morgan fingerprint density at radius 2 is 1.42 bits per heavy atom. The van der Waals surface area contributed by atoms with Gasteiger partial charge in [-0.25, -0.2) is 0 Å². The molecule has 138 valence electrons. The summed E-state index contributed by atoms with van der Waals surface area (Å²) in [5, 5.41) is 18.5. The molecule has 0 atom stereocenters. The number of hydrogen-bond acceptors (Lipinski definition) is 6. The Morgan fingerprint density at radius 1 is 0.875 bits per heavy atom. The van der Waals surface area contributed by atoms with Crippen LogP contribution in [-0.4, -0.2) is 59.7 Å². The topological polar surface area (TPSA) is 76.0 Å². The zero-order valence-corrected chi connectivity index (χ0v) is 15.2. The predicted molar refractivity (Wildman–Crippen MR) is 92.9 cm³/mol. The quantitative estimate of drug-likeness (QED) is 0.788. The molecule has 2 aliphatic carbocycles. The maximum absolute atomic E-state index is 10.9. The van der Waals surface area contributed by atoms with Crippen molar-refractivity contribution in [1.29, 1.82) is 0 Å². The molecule has 0 aromatic carbocycles. The van der Waals surface area contributed by atoms with Crippen molar-refractivity contribution in [3.8, 4) is 0 Å². The van der Waals surface area contributed by atoms with Crippen LogP contribution >= 0.6 is 11.8 Å². The van der Waals surface area contributed by atoms with Crippen LogP contribution < -0.4 is 0 Å². The van der Waals surface area contributed by atoms with E-state index >= 15 is 0 Å². The van der Waals surface area contributed by atoms with E-state index in [9.17, 15) is 15.0 Å². The highest BCUT2D eigenvalue weighted by Gasteiger charge is 2.45. The third-order valence-electron chi connectivity index (χ3n) is 6.24. The van der Waals surface area contributed by atoms with Crippen LogP contribution in [0.5, 0.6) is 0 Å². The summed E-state index contributed by atoms with van der Waals surface area (Å²) in [7, 11) is 0. The summed E-state index contributed by atoms with van der Waals surface area (Å²) in [5.41, 5.74) is 0.319. The molecule has 0 aromatic rings. The van der Waals surface area contributed by atoms with Crippen LogP contribution in [0.4, 0.5) is 0 Å². The van der Waals surface area contributed by atoms with Crippen LogP contribution in [-0.2, 0) is 14.3 Å². The molecule has 2 N–H and O–H groups in total. The molecule has 2 saturated heterocycles. The first-order chi connectivity index (χ1) is 11.6. The summed E-state index contributed by atoms with van der Waals surface area (Å²) in [6.07, 6.45) is 7.21. The van der Waals surface area contributed by atoms with Gasteiger partial charge in [-0.05, 0) is 42.6 Å². The molecule has 2 aliphatic heterocycles. The molecule has 24 heavy (non-hydrogen) atoms. The number of aliphatic hydroxyl groups is 2. The van der Waals surface area contributed by atoms with E-state index in [1.54, 1.807) is 0 Å². The van der Waals surface area contributed by atoms with E-state index in [1.807, 2.05) is 11.8 Å². The van der Waals surface area contributed by atoms with E-state index in [-0.39, 0.29) is 18.6 Å². The van der Waals surface area contributed by atoms with Crippen LogP contribution in [0, 0.1) is 10.8 Å². The Morgan fingerprint density at radius 3 is 1.83 bits per heavy atom. The van der Waals surface area contributed by atoms with Crippen LogP contribution in [0.3, 0.4) is 0 Å².